The van der Waals surface area contributed by atoms with Gasteiger partial charge in [0.15, 0.2) is 5.78 Å². The summed E-state index contributed by atoms with van der Waals surface area (Å²) in [7, 11) is 0. The molecule has 0 saturated carbocycles. The molecule has 106 valence electrons. The summed E-state index contributed by atoms with van der Waals surface area (Å²) in [5.41, 5.74) is 0.822. The van der Waals surface area contributed by atoms with Crippen molar-refractivity contribution in [2.24, 2.45) is 5.92 Å². The highest BCUT2D eigenvalue weighted by atomic mass is 79.9. The fourth-order valence-corrected chi connectivity index (χ4v) is 2.79. The van der Waals surface area contributed by atoms with Crippen LogP contribution in [0.3, 0.4) is 0 Å². The summed E-state index contributed by atoms with van der Waals surface area (Å²) in [4.78, 5) is 14.5. The number of hydrogen-bond donors (Lipinski definition) is 0. The van der Waals surface area contributed by atoms with Crippen molar-refractivity contribution in [2.75, 3.05) is 19.6 Å². The average Bonchev–Trinajstić information content (AvgIpc) is 2.37. The molecule has 0 amide bonds. The van der Waals surface area contributed by atoms with Crippen LogP contribution in [0.4, 0.5) is 0 Å². The van der Waals surface area contributed by atoms with Crippen molar-refractivity contribution in [2.45, 2.75) is 26.2 Å². The lowest BCUT2D eigenvalue weighted by Gasteiger charge is -2.30. The molecule has 0 N–H and O–H groups in total. The molecule has 1 unspecified atom stereocenters. The first-order valence-electron chi connectivity index (χ1n) is 6.66. The Balaban J connectivity index is 0.00000180. The highest BCUT2D eigenvalue weighted by Crippen LogP contribution is 2.16. The van der Waals surface area contributed by atoms with Gasteiger partial charge < -0.3 is 17.3 Å². The van der Waals surface area contributed by atoms with Gasteiger partial charge in [0, 0.05) is 29.5 Å². The monoisotopic (exact) mass is 344 g/mol. The van der Waals surface area contributed by atoms with Gasteiger partial charge in [-0.15, -0.1) is 0 Å². The van der Waals surface area contributed by atoms with Crippen LogP contribution in [0.5, 0.6) is 0 Å². The van der Waals surface area contributed by atoms with Gasteiger partial charge >= 0.3 is 0 Å². The van der Waals surface area contributed by atoms with E-state index in [1.807, 2.05) is 24.3 Å². The van der Waals surface area contributed by atoms with Crippen LogP contribution in [0.25, 0.3) is 0 Å². The molecule has 0 spiro atoms. The smallest absolute Gasteiger partial charge is 0.164 e. The van der Waals surface area contributed by atoms with Crippen LogP contribution in [0, 0.1) is 5.92 Å². The van der Waals surface area contributed by atoms with Gasteiger partial charge in [0.1, 0.15) is 0 Å². The van der Waals surface area contributed by atoms with Crippen molar-refractivity contribution < 1.29 is 17.2 Å². The third kappa shape index (κ3) is 5.25. The second-order valence-electron chi connectivity index (χ2n) is 5.23. The molecule has 0 aromatic heterocycles. The molecular formula is C15H20BrClNO-. The Labute approximate surface area is 130 Å². The molecule has 2 rings (SSSR count). The molecule has 0 radical (unpaired) electrons. The standard InChI is InChI=1S/C15H20BrNO.ClH/c1-12-3-2-9-17(11-12)10-8-15(18)13-4-6-14(16)7-5-13;/h4-7,12H,2-3,8-11H2,1H3;1H/p-1. The Kier molecular flexibility index (Phi) is 7.05. The number of hydrogen-bond acceptors (Lipinski definition) is 2. The number of ketones is 1. The van der Waals surface area contributed by atoms with Crippen LogP contribution in [-0.2, 0) is 0 Å². The Morgan fingerprint density at radius 2 is 2.05 bits per heavy atom. The van der Waals surface area contributed by atoms with Crippen molar-refractivity contribution in [1.82, 2.24) is 4.90 Å². The second-order valence-corrected chi connectivity index (χ2v) is 6.14. The number of benzene rings is 1. The molecule has 0 bridgehead atoms. The normalized spacial score (nSPS) is 19.8. The number of piperidine rings is 1. The Morgan fingerprint density at radius 3 is 2.68 bits per heavy atom. The summed E-state index contributed by atoms with van der Waals surface area (Å²) in [6, 6.07) is 7.64. The first-order chi connectivity index (χ1) is 8.65. The largest absolute Gasteiger partial charge is 1.00 e. The third-order valence-corrected chi connectivity index (χ3v) is 4.09. The molecule has 1 aromatic rings. The molecule has 1 fully saturated rings. The zero-order chi connectivity index (χ0) is 13.0. The van der Waals surface area contributed by atoms with Crippen molar-refractivity contribution in [1.29, 1.82) is 0 Å². The van der Waals surface area contributed by atoms with Gasteiger partial charge in [-0.3, -0.25) is 4.79 Å². The molecule has 1 aliphatic rings. The van der Waals surface area contributed by atoms with Crippen molar-refractivity contribution in [3.8, 4) is 0 Å². The topological polar surface area (TPSA) is 20.3 Å². The molecule has 1 atom stereocenters. The number of likely N-dealkylation sites (tertiary alicyclic amines) is 1. The van der Waals surface area contributed by atoms with E-state index >= 15 is 0 Å². The summed E-state index contributed by atoms with van der Waals surface area (Å²) in [5.74, 6) is 1.03. The van der Waals surface area contributed by atoms with Gasteiger partial charge in [-0.1, -0.05) is 35.0 Å². The molecule has 1 aliphatic heterocycles. The maximum Gasteiger partial charge on any atom is 0.164 e. The van der Waals surface area contributed by atoms with Gasteiger partial charge in [-0.2, -0.15) is 0 Å². The van der Waals surface area contributed by atoms with Gasteiger partial charge in [-0.25, -0.2) is 0 Å². The van der Waals surface area contributed by atoms with E-state index in [0.717, 1.165) is 35.6 Å². The number of nitrogens with zero attached hydrogens (tertiary/aromatic N) is 1. The average molecular weight is 346 g/mol. The molecular weight excluding hydrogens is 326 g/mol. The van der Waals surface area contributed by atoms with E-state index in [-0.39, 0.29) is 18.2 Å². The van der Waals surface area contributed by atoms with Gasteiger partial charge in [-0.05, 0) is 37.4 Å². The highest BCUT2D eigenvalue weighted by molar-refractivity contribution is 9.10. The lowest BCUT2D eigenvalue weighted by molar-refractivity contribution is -0.0000117. The predicted molar refractivity (Wildman–Crippen MR) is 77.9 cm³/mol. The Morgan fingerprint density at radius 1 is 1.37 bits per heavy atom. The summed E-state index contributed by atoms with van der Waals surface area (Å²) in [6.45, 7) is 5.49. The van der Waals surface area contributed by atoms with E-state index in [9.17, 15) is 4.79 Å². The van der Waals surface area contributed by atoms with E-state index in [2.05, 4.69) is 27.8 Å². The molecule has 1 aromatic carbocycles. The number of Topliss-reactive ketones (excluding diaryl/α,β-unsaturated/α-hetero) is 1. The number of carbonyl (C=O) groups excluding carboxylic acids is 1. The van der Waals surface area contributed by atoms with Gasteiger partial charge in [0.2, 0.25) is 0 Å². The summed E-state index contributed by atoms with van der Waals surface area (Å²) < 4.78 is 1.02. The van der Waals surface area contributed by atoms with E-state index in [4.69, 9.17) is 0 Å². The van der Waals surface area contributed by atoms with Crippen LogP contribution in [0.1, 0.15) is 36.5 Å². The van der Waals surface area contributed by atoms with Crippen LogP contribution >= 0.6 is 15.9 Å². The van der Waals surface area contributed by atoms with E-state index in [1.165, 1.54) is 12.8 Å². The first kappa shape index (κ1) is 16.7. The highest BCUT2D eigenvalue weighted by Gasteiger charge is 2.17. The third-order valence-electron chi connectivity index (χ3n) is 3.56. The van der Waals surface area contributed by atoms with Gasteiger partial charge in [0.25, 0.3) is 0 Å². The molecule has 0 aliphatic carbocycles. The zero-order valence-corrected chi connectivity index (χ0v) is 13.6. The maximum atomic E-state index is 12.0. The van der Waals surface area contributed by atoms with Crippen LogP contribution < -0.4 is 12.4 Å². The minimum absolute atomic E-state index is 0. The quantitative estimate of drug-likeness (QED) is 0.751. The minimum atomic E-state index is 0. The van der Waals surface area contributed by atoms with Crippen LogP contribution in [0.2, 0.25) is 0 Å². The summed E-state index contributed by atoms with van der Waals surface area (Å²) in [6.07, 6.45) is 3.24. The lowest BCUT2D eigenvalue weighted by atomic mass is 9.99. The molecule has 1 saturated heterocycles. The molecule has 1 heterocycles. The van der Waals surface area contributed by atoms with Gasteiger partial charge in [0.05, 0.1) is 0 Å². The van der Waals surface area contributed by atoms with Crippen molar-refractivity contribution in [3.05, 3.63) is 34.3 Å². The van der Waals surface area contributed by atoms with Crippen LogP contribution in [-0.4, -0.2) is 30.3 Å². The van der Waals surface area contributed by atoms with E-state index in [0.29, 0.717) is 6.42 Å². The molecule has 19 heavy (non-hydrogen) atoms. The number of carbonyl (C=O) groups is 1. The zero-order valence-electron chi connectivity index (χ0n) is 11.2. The van der Waals surface area contributed by atoms with E-state index in [1.54, 1.807) is 0 Å². The van der Waals surface area contributed by atoms with Crippen molar-refractivity contribution in [3.63, 3.8) is 0 Å². The van der Waals surface area contributed by atoms with Crippen molar-refractivity contribution >= 4 is 21.7 Å². The van der Waals surface area contributed by atoms with E-state index < -0.39 is 0 Å². The predicted octanol–water partition coefficient (Wildman–Crippen LogP) is 0.758. The SMILES string of the molecule is CC1CCCN(CCC(=O)c2ccc(Br)cc2)C1.[Cl-]. The Hall–Kier alpha value is -0.380. The minimum Gasteiger partial charge on any atom is -1.00 e. The number of halogens is 2. The summed E-state index contributed by atoms with van der Waals surface area (Å²) >= 11 is 3.38. The maximum absolute atomic E-state index is 12.0. The second kappa shape index (κ2) is 8.03. The Bertz CT molecular complexity index is 407. The number of rotatable bonds is 4. The van der Waals surface area contributed by atoms with Crippen LogP contribution in [0.15, 0.2) is 28.7 Å². The molecule has 4 heteroatoms. The first-order valence-corrected chi connectivity index (χ1v) is 7.45. The fraction of sp³-hybridized carbons (Fsp3) is 0.533. The fourth-order valence-electron chi connectivity index (χ4n) is 2.53. The molecule has 2 nitrogen and oxygen atoms in total. The summed E-state index contributed by atoms with van der Waals surface area (Å²) in [5, 5.41) is 0. The lowest BCUT2D eigenvalue weighted by Crippen LogP contribution is -3.00.